The first kappa shape index (κ1) is 13.3. The quantitative estimate of drug-likeness (QED) is 0.680. The summed E-state index contributed by atoms with van der Waals surface area (Å²) >= 11 is 5.64. The van der Waals surface area contributed by atoms with Crippen molar-refractivity contribution in [1.29, 1.82) is 0 Å². The molecule has 0 saturated heterocycles. The van der Waals surface area contributed by atoms with Crippen molar-refractivity contribution in [1.82, 2.24) is 4.31 Å². The van der Waals surface area contributed by atoms with E-state index in [2.05, 4.69) is 0 Å². The molecule has 0 radical (unpaired) electrons. The molecule has 0 spiro atoms. The standard InChI is InChI=1S/C10H20ClNO2S/c1-8(2)7-12(10-4-5-10)15(13,14)9(3)6-11/h8-10H,4-7H2,1-3H3. The molecule has 0 heterocycles. The second kappa shape index (κ2) is 5.02. The van der Waals surface area contributed by atoms with Gasteiger partial charge in [-0.1, -0.05) is 13.8 Å². The maximum absolute atomic E-state index is 12.1. The van der Waals surface area contributed by atoms with Gasteiger partial charge in [0.25, 0.3) is 0 Å². The second-order valence-corrected chi connectivity index (χ2v) is 7.32. The minimum absolute atomic E-state index is 0.170. The molecule has 0 aliphatic heterocycles. The summed E-state index contributed by atoms with van der Waals surface area (Å²) in [5.74, 6) is 0.534. The van der Waals surface area contributed by atoms with Crippen molar-refractivity contribution in [2.24, 2.45) is 5.92 Å². The van der Waals surface area contributed by atoms with E-state index in [4.69, 9.17) is 11.6 Å². The molecular formula is C10H20ClNO2S. The Hall–Kier alpha value is 0.200. The molecule has 90 valence electrons. The second-order valence-electron chi connectivity index (χ2n) is 4.70. The number of nitrogens with zero attached hydrogens (tertiary/aromatic N) is 1. The van der Waals surface area contributed by atoms with E-state index in [1.807, 2.05) is 13.8 Å². The highest BCUT2D eigenvalue weighted by molar-refractivity contribution is 7.89. The number of alkyl halides is 1. The molecule has 0 bridgehead atoms. The Morgan fingerprint density at radius 1 is 1.33 bits per heavy atom. The fourth-order valence-corrected chi connectivity index (χ4v) is 3.73. The smallest absolute Gasteiger partial charge is 0.212 e. The van der Waals surface area contributed by atoms with Gasteiger partial charge in [0.05, 0.1) is 5.25 Å². The minimum atomic E-state index is -3.18. The molecule has 0 N–H and O–H groups in total. The zero-order valence-electron chi connectivity index (χ0n) is 9.61. The van der Waals surface area contributed by atoms with Crippen LogP contribution < -0.4 is 0 Å². The fourth-order valence-electron chi connectivity index (χ4n) is 1.49. The van der Waals surface area contributed by atoms with Crippen molar-refractivity contribution in [3.8, 4) is 0 Å². The molecule has 1 aliphatic carbocycles. The van der Waals surface area contributed by atoms with Gasteiger partial charge >= 0.3 is 0 Å². The summed E-state index contributed by atoms with van der Waals surface area (Å²) in [6, 6.07) is 0.239. The number of hydrogen-bond acceptors (Lipinski definition) is 2. The third-order valence-electron chi connectivity index (χ3n) is 2.55. The summed E-state index contributed by atoms with van der Waals surface area (Å²) in [6.45, 7) is 6.37. The van der Waals surface area contributed by atoms with Crippen molar-refractivity contribution >= 4 is 21.6 Å². The minimum Gasteiger partial charge on any atom is -0.212 e. The van der Waals surface area contributed by atoms with E-state index in [1.165, 1.54) is 0 Å². The first-order chi connectivity index (χ1) is 6.89. The van der Waals surface area contributed by atoms with Crippen LogP contribution in [-0.2, 0) is 10.0 Å². The largest absolute Gasteiger partial charge is 0.218 e. The lowest BCUT2D eigenvalue weighted by molar-refractivity contribution is 0.357. The molecule has 1 rings (SSSR count). The Balaban J connectivity index is 2.78. The van der Waals surface area contributed by atoms with Crippen LogP contribution in [0.3, 0.4) is 0 Å². The Kier molecular flexibility index (Phi) is 4.44. The van der Waals surface area contributed by atoms with Gasteiger partial charge in [0.2, 0.25) is 10.0 Å². The third-order valence-corrected chi connectivity index (χ3v) is 5.48. The van der Waals surface area contributed by atoms with E-state index < -0.39 is 15.3 Å². The summed E-state index contributed by atoms with van der Waals surface area (Å²) in [4.78, 5) is 0. The average molecular weight is 254 g/mol. The molecule has 0 aromatic rings. The van der Waals surface area contributed by atoms with E-state index in [-0.39, 0.29) is 11.9 Å². The highest BCUT2D eigenvalue weighted by Crippen LogP contribution is 2.31. The third kappa shape index (κ3) is 3.33. The Bertz CT molecular complexity index is 299. The van der Waals surface area contributed by atoms with Gasteiger partial charge < -0.3 is 0 Å². The lowest BCUT2D eigenvalue weighted by Crippen LogP contribution is -2.41. The SMILES string of the molecule is CC(C)CN(C1CC1)S(=O)(=O)C(C)CCl. The van der Waals surface area contributed by atoms with Crippen LogP contribution in [0.2, 0.25) is 0 Å². The lowest BCUT2D eigenvalue weighted by Gasteiger charge is -2.26. The highest BCUT2D eigenvalue weighted by Gasteiger charge is 2.39. The van der Waals surface area contributed by atoms with Crippen LogP contribution >= 0.6 is 11.6 Å². The normalized spacial score (nSPS) is 19.9. The van der Waals surface area contributed by atoms with Gasteiger partial charge in [-0.25, -0.2) is 8.42 Å². The van der Waals surface area contributed by atoms with Crippen LogP contribution in [-0.4, -0.2) is 36.4 Å². The molecule has 1 fully saturated rings. The zero-order valence-corrected chi connectivity index (χ0v) is 11.2. The predicted molar refractivity (Wildman–Crippen MR) is 63.7 cm³/mol. The van der Waals surface area contributed by atoms with Crippen LogP contribution in [0.1, 0.15) is 33.6 Å². The monoisotopic (exact) mass is 253 g/mol. The van der Waals surface area contributed by atoms with E-state index in [9.17, 15) is 8.42 Å². The molecule has 5 heteroatoms. The number of halogens is 1. The lowest BCUT2D eigenvalue weighted by atomic mass is 10.2. The molecule has 3 nitrogen and oxygen atoms in total. The van der Waals surface area contributed by atoms with Gasteiger partial charge in [-0.3, -0.25) is 0 Å². The topological polar surface area (TPSA) is 37.4 Å². The van der Waals surface area contributed by atoms with Gasteiger partial charge in [0.15, 0.2) is 0 Å². The molecule has 0 aromatic carbocycles. The predicted octanol–water partition coefficient (Wildman–Crippen LogP) is 2.06. The Morgan fingerprint density at radius 3 is 2.20 bits per heavy atom. The van der Waals surface area contributed by atoms with Crippen molar-refractivity contribution in [2.45, 2.75) is 44.9 Å². The summed E-state index contributed by atoms with van der Waals surface area (Å²) in [7, 11) is -3.18. The summed E-state index contributed by atoms with van der Waals surface area (Å²) in [5.41, 5.74) is 0. The Labute approximate surface area is 97.8 Å². The van der Waals surface area contributed by atoms with Gasteiger partial charge in [0, 0.05) is 18.5 Å². The van der Waals surface area contributed by atoms with Gasteiger partial charge in [0.1, 0.15) is 0 Å². The van der Waals surface area contributed by atoms with Crippen molar-refractivity contribution in [3.63, 3.8) is 0 Å². The zero-order chi connectivity index (χ0) is 11.6. The fraction of sp³-hybridized carbons (Fsp3) is 1.00. The summed E-state index contributed by atoms with van der Waals surface area (Å²) < 4.78 is 25.9. The van der Waals surface area contributed by atoms with Crippen LogP contribution in [0, 0.1) is 5.92 Å². The maximum atomic E-state index is 12.1. The maximum Gasteiger partial charge on any atom is 0.218 e. The van der Waals surface area contributed by atoms with Crippen molar-refractivity contribution < 1.29 is 8.42 Å². The highest BCUT2D eigenvalue weighted by atomic mass is 35.5. The van der Waals surface area contributed by atoms with Crippen LogP contribution in [0.5, 0.6) is 0 Å². The van der Waals surface area contributed by atoms with Crippen molar-refractivity contribution in [2.75, 3.05) is 12.4 Å². The molecule has 1 atom stereocenters. The van der Waals surface area contributed by atoms with Crippen LogP contribution in [0.4, 0.5) is 0 Å². The molecule has 15 heavy (non-hydrogen) atoms. The molecule has 1 unspecified atom stereocenters. The summed E-state index contributed by atoms with van der Waals surface area (Å²) in [6.07, 6.45) is 2.00. The van der Waals surface area contributed by atoms with Gasteiger partial charge in [-0.05, 0) is 25.7 Å². The summed E-state index contributed by atoms with van der Waals surface area (Å²) in [5, 5.41) is -0.474. The number of sulfonamides is 1. The van der Waals surface area contributed by atoms with Gasteiger partial charge in [-0.15, -0.1) is 11.6 Å². The van der Waals surface area contributed by atoms with Crippen molar-refractivity contribution in [3.05, 3.63) is 0 Å². The first-order valence-corrected chi connectivity index (χ1v) is 7.50. The van der Waals surface area contributed by atoms with Crippen LogP contribution in [0.15, 0.2) is 0 Å². The van der Waals surface area contributed by atoms with E-state index in [0.717, 1.165) is 12.8 Å². The van der Waals surface area contributed by atoms with Crippen LogP contribution in [0.25, 0.3) is 0 Å². The molecule has 0 aromatic heterocycles. The molecule has 1 aliphatic rings. The Morgan fingerprint density at radius 2 is 1.87 bits per heavy atom. The number of hydrogen-bond donors (Lipinski definition) is 0. The van der Waals surface area contributed by atoms with E-state index in [1.54, 1.807) is 11.2 Å². The number of rotatable bonds is 6. The molecule has 0 amide bonds. The molecular weight excluding hydrogens is 234 g/mol. The van der Waals surface area contributed by atoms with E-state index in [0.29, 0.717) is 12.5 Å². The van der Waals surface area contributed by atoms with Gasteiger partial charge in [-0.2, -0.15) is 4.31 Å². The average Bonchev–Trinajstić information content (AvgIpc) is 2.95. The molecule has 1 saturated carbocycles. The van der Waals surface area contributed by atoms with E-state index >= 15 is 0 Å². The first-order valence-electron chi connectivity index (χ1n) is 5.46.